The van der Waals surface area contributed by atoms with Crippen LogP contribution in [0, 0.1) is 0 Å². The molecule has 0 atom stereocenters. The lowest BCUT2D eigenvalue weighted by Gasteiger charge is -2.17. The minimum absolute atomic E-state index is 0.917. The number of rotatable bonds is 3. The fourth-order valence-electron chi connectivity index (χ4n) is 6.75. The summed E-state index contributed by atoms with van der Waals surface area (Å²) in [4.78, 5) is 0. The highest BCUT2D eigenvalue weighted by Gasteiger charge is 2.25. The predicted molar refractivity (Wildman–Crippen MR) is 180 cm³/mol. The molecule has 0 N–H and O–H groups in total. The fourth-order valence-corrected chi connectivity index (χ4v) is 7.86. The number of fused-ring (bicyclic) bond motifs is 7. The highest BCUT2D eigenvalue weighted by atomic mass is 32.1. The monoisotopic (exact) mass is 552 g/mol. The Morgan fingerprint density at radius 3 is 1.48 bits per heavy atom. The van der Waals surface area contributed by atoms with E-state index in [2.05, 4.69) is 146 Å². The molecule has 0 saturated carbocycles. The van der Waals surface area contributed by atoms with E-state index in [0.29, 0.717) is 0 Å². The van der Waals surface area contributed by atoms with Gasteiger partial charge in [-0.2, -0.15) is 0 Å². The van der Waals surface area contributed by atoms with Gasteiger partial charge >= 0.3 is 0 Å². The van der Waals surface area contributed by atoms with Crippen LogP contribution in [0.5, 0.6) is 0 Å². The molecule has 0 unspecified atom stereocenters. The molecule has 196 valence electrons. The highest BCUT2D eigenvalue weighted by molar-refractivity contribution is 7.26. The van der Waals surface area contributed by atoms with Crippen LogP contribution in [-0.2, 0) is 0 Å². The summed E-state index contributed by atoms with van der Waals surface area (Å²) in [7, 11) is 0. The molecular weight excluding hydrogens is 529 g/mol. The molecule has 9 aromatic rings. The summed E-state index contributed by atoms with van der Waals surface area (Å²) < 4.78 is 9.61. The van der Waals surface area contributed by atoms with Gasteiger partial charge in [-0.05, 0) is 56.4 Å². The molecule has 0 saturated heterocycles. The van der Waals surface area contributed by atoms with Crippen molar-refractivity contribution in [2.24, 2.45) is 0 Å². The van der Waals surface area contributed by atoms with Gasteiger partial charge in [0.05, 0.1) is 0 Å². The van der Waals surface area contributed by atoms with Crippen LogP contribution in [0.2, 0.25) is 0 Å². The van der Waals surface area contributed by atoms with Crippen molar-refractivity contribution >= 4 is 64.0 Å². The first-order valence-electron chi connectivity index (χ1n) is 14.3. The van der Waals surface area contributed by atoms with E-state index >= 15 is 0 Å². The maximum atomic E-state index is 7.03. The Kier molecular flexibility index (Phi) is 5.13. The Morgan fingerprint density at radius 2 is 0.857 bits per heavy atom. The molecule has 9 rings (SSSR count). The average molecular weight is 553 g/mol. The normalized spacial score (nSPS) is 11.8. The first-order chi connectivity index (χ1) is 20.9. The Balaban J connectivity index is 1.51. The summed E-state index contributed by atoms with van der Waals surface area (Å²) in [6.45, 7) is 0. The third kappa shape index (κ3) is 3.36. The quantitative estimate of drug-likeness (QED) is 0.199. The van der Waals surface area contributed by atoms with Crippen LogP contribution in [-0.4, -0.2) is 0 Å². The molecule has 0 aliphatic heterocycles. The SMILES string of the molecule is c1ccc(-c2c3ccccc3c(-c3oc4ccc5sc6ccccc6c5c4c3-c3ccccc3)c3ccccc23)cc1. The zero-order valence-corrected chi connectivity index (χ0v) is 23.5. The van der Waals surface area contributed by atoms with Crippen LogP contribution in [0.4, 0.5) is 0 Å². The molecular formula is C40H24OS. The van der Waals surface area contributed by atoms with Gasteiger partial charge in [0.1, 0.15) is 11.3 Å². The molecule has 0 aliphatic rings. The molecule has 1 nitrogen and oxygen atoms in total. The minimum atomic E-state index is 0.917. The van der Waals surface area contributed by atoms with Gasteiger partial charge in [0.15, 0.2) is 0 Å². The van der Waals surface area contributed by atoms with E-state index in [1.807, 2.05) is 11.3 Å². The second kappa shape index (κ2) is 9.17. The van der Waals surface area contributed by atoms with Crippen LogP contribution >= 0.6 is 11.3 Å². The molecule has 0 bridgehead atoms. The molecule has 0 fully saturated rings. The number of thiophene rings is 1. The lowest BCUT2D eigenvalue weighted by molar-refractivity contribution is 0.634. The highest BCUT2D eigenvalue weighted by Crippen LogP contribution is 2.51. The number of benzene rings is 7. The molecule has 2 heteroatoms. The van der Waals surface area contributed by atoms with E-state index < -0.39 is 0 Å². The summed E-state index contributed by atoms with van der Waals surface area (Å²) in [5.74, 6) is 0.922. The summed E-state index contributed by atoms with van der Waals surface area (Å²) in [6.07, 6.45) is 0. The van der Waals surface area contributed by atoms with Crippen LogP contribution < -0.4 is 0 Å². The van der Waals surface area contributed by atoms with Crippen molar-refractivity contribution in [3.8, 4) is 33.6 Å². The van der Waals surface area contributed by atoms with Gasteiger partial charge in [-0.25, -0.2) is 0 Å². The first-order valence-corrected chi connectivity index (χ1v) is 15.1. The zero-order valence-electron chi connectivity index (χ0n) is 22.7. The van der Waals surface area contributed by atoms with Crippen LogP contribution in [0.3, 0.4) is 0 Å². The van der Waals surface area contributed by atoms with Gasteiger partial charge in [0, 0.05) is 36.7 Å². The maximum absolute atomic E-state index is 7.03. The van der Waals surface area contributed by atoms with E-state index in [0.717, 1.165) is 28.0 Å². The van der Waals surface area contributed by atoms with E-state index in [9.17, 15) is 0 Å². The summed E-state index contributed by atoms with van der Waals surface area (Å²) >= 11 is 1.85. The van der Waals surface area contributed by atoms with Crippen molar-refractivity contribution in [2.45, 2.75) is 0 Å². The zero-order chi connectivity index (χ0) is 27.6. The first kappa shape index (κ1) is 23.5. The molecule has 2 aromatic heterocycles. The maximum Gasteiger partial charge on any atom is 0.144 e. The Bertz CT molecular complexity index is 2390. The summed E-state index contributed by atoms with van der Waals surface area (Å²) in [5, 5.41) is 8.58. The van der Waals surface area contributed by atoms with Crippen LogP contribution in [0.1, 0.15) is 0 Å². The second-order valence-electron chi connectivity index (χ2n) is 10.8. The van der Waals surface area contributed by atoms with Crippen molar-refractivity contribution < 1.29 is 4.42 Å². The van der Waals surface area contributed by atoms with E-state index in [1.165, 1.54) is 58.2 Å². The largest absolute Gasteiger partial charge is 0.455 e. The van der Waals surface area contributed by atoms with Crippen LogP contribution in [0.15, 0.2) is 150 Å². The van der Waals surface area contributed by atoms with Gasteiger partial charge in [-0.15, -0.1) is 11.3 Å². The molecule has 7 aromatic carbocycles. The van der Waals surface area contributed by atoms with Crippen molar-refractivity contribution in [3.63, 3.8) is 0 Å². The topological polar surface area (TPSA) is 13.1 Å². The van der Waals surface area contributed by atoms with Crippen molar-refractivity contribution in [2.75, 3.05) is 0 Å². The van der Waals surface area contributed by atoms with Crippen molar-refractivity contribution in [1.82, 2.24) is 0 Å². The Hall–Kier alpha value is -5.18. The van der Waals surface area contributed by atoms with Crippen molar-refractivity contribution in [1.29, 1.82) is 0 Å². The van der Waals surface area contributed by atoms with Gasteiger partial charge in [-0.3, -0.25) is 0 Å². The summed E-state index contributed by atoms with van der Waals surface area (Å²) in [5.41, 5.74) is 6.85. The molecule has 0 radical (unpaired) electrons. The van der Waals surface area contributed by atoms with E-state index in [4.69, 9.17) is 4.42 Å². The third-order valence-electron chi connectivity index (χ3n) is 8.48. The van der Waals surface area contributed by atoms with Gasteiger partial charge < -0.3 is 4.42 Å². The fraction of sp³-hybridized carbons (Fsp3) is 0. The third-order valence-corrected chi connectivity index (χ3v) is 9.61. The minimum Gasteiger partial charge on any atom is -0.455 e. The molecule has 42 heavy (non-hydrogen) atoms. The Morgan fingerprint density at radius 1 is 0.357 bits per heavy atom. The lowest BCUT2D eigenvalue weighted by atomic mass is 9.86. The van der Waals surface area contributed by atoms with Crippen LogP contribution in [0.25, 0.3) is 86.3 Å². The average Bonchev–Trinajstić information content (AvgIpc) is 3.62. The lowest BCUT2D eigenvalue weighted by Crippen LogP contribution is -1.91. The molecule has 2 heterocycles. The molecule has 0 amide bonds. The number of hydrogen-bond acceptors (Lipinski definition) is 2. The standard InChI is InChI=1S/C40H24OS/c1-3-13-25(14-4-1)35-27-17-7-9-19-29(27)37(30-20-10-8-18-28(30)35)40-36(26-15-5-2-6-16-26)39-32(41-40)23-24-34-38(39)31-21-11-12-22-33(31)42-34/h1-24H. The Labute approximate surface area is 246 Å². The number of furan rings is 1. The van der Waals surface area contributed by atoms with E-state index in [1.54, 1.807) is 0 Å². The molecule has 0 aliphatic carbocycles. The van der Waals surface area contributed by atoms with Gasteiger partial charge in [0.2, 0.25) is 0 Å². The number of hydrogen-bond donors (Lipinski definition) is 0. The predicted octanol–water partition coefficient (Wildman–Crippen LogP) is 12.1. The van der Waals surface area contributed by atoms with Gasteiger partial charge in [0.25, 0.3) is 0 Å². The smallest absolute Gasteiger partial charge is 0.144 e. The second-order valence-corrected chi connectivity index (χ2v) is 11.9. The van der Waals surface area contributed by atoms with Crippen molar-refractivity contribution in [3.05, 3.63) is 146 Å². The summed E-state index contributed by atoms with van der Waals surface area (Å²) in [6, 6.07) is 52.2. The van der Waals surface area contributed by atoms with Gasteiger partial charge in [-0.1, -0.05) is 127 Å². The molecule has 0 spiro atoms. The van der Waals surface area contributed by atoms with E-state index in [-0.39, 0.29) is 0 Å².